The second-order valence-corrected chi connectivity index (χ2v) is 9.99. The van der Waals surface area contributed by atoms with Crippen molar-refractivity contribution in [3.63, 3.8) is 0 Å². The Morgan fingerprint density at radius 3 is 2.86 bits per heavy atom. The summed E-state index contributed by atoms with van der Waals surface area (Å²) < 4.78 is 13.6. The van der Waals surface area contributed by atoms with E-state index in [1.54, 1.807) is 12.1 Å². The van der Waals surface area contributed by atoms with Crippen molar-refractivity contribution in [2.45, 2.75) is 51.9 Å². The number of rotatable bonds is 4. The minimum absolute atomic E-state index is 0.183. The van der Waals surface area contributed by atoms with Crippen LogP contribution in [0.15, 0.2) is 59.7 Å². The van der Waals surface area contributed by atoms with Crippen LogP contribution in [-0.2, 0) is 30.8 Å². The maximum atomic E-state index is 13.6. The maximum Gasteiger partial charge on any atom is 0.227 e. The molecule has 178 valence electrons. The summed E-state index contributed by atoms with van der Waals surface area (Å²) in [6.07, 6.45) is 4.34. The number of hydrogen-bond acceptors (Lipinski definition) is 4. The third kappa shape index (κ3) is 4.39. The molecule has 0 bridgehead atoms. The lowest BCUT2D eigenvalue weighted by atomic mass is 9.90. The average Bonchev–Trinajstić information content (AvgIpc) is 3.25. The molecule has 3 aliphatic rings. The number of aryl methyl sites for hydroxylation is 1. The second kappa shape index (κ2) is 9.00. The van der Waals surface area contributed by atoms with E-state index < -0.39 is 0 Å². The van der Waals surface area contributed by atoms with Crippen LogP contribution in [0.25, 0.3) is 0 Å². The van der Waals surface area contributed by atoms with Crippen LogP contribution < -0.4 is 0 Å². The molecule has 1 saturated heterocycles. The number of hydrogen-bond donors (Lipinski definition) is 0. The zero-order valence-corrected chi connectivity index (χ0v) is 20.0. The monoisotopic (exact) mass is 468 g/mol. The highest BCUT2D eigenvalue weighted by Crippen LogP contribution is 2.32. The fraction of sp³-hybridized carbons (Fsp3) is 0.345. The number of fused-ring (bicyclic) bond motifs is 2. The first-order chi connectivity index (χ1) is 17.0. The predicted molar refractivity (Wildman–Crippen MR) is 134 cm³/mol. The molecular formula is C29H29FN4O. The predicted octanol–water partition coefficient (Wildman–Crippen LogP) is 4.43. The molecule has 6 rings (SSSR count). The van der Waals surface area contributed by atoms with Gasteiger partial charge in [0.05, 0.1) is 18.7 Å². The van der Waals surface area contributed by atoms with Gasteiger partial charge in [0.2, 0.25) is 5.91 Å². The zero-order valence-electron chi connectivity index (χ0n) is 20.0. The highest BCUT2D eigenvalue weighted by atomic mass is 19.1. The van der Waals surface area contributed by atoms with E-state index in [2.05, 4.69) is 33.0 Å². The quantitative estimate of drug-likeness (QED) is 0.569. The van der Waals surface area contributed by atoms with Crippen LogP contribution in [0.3, 0.4) is 0 Å². The van der Waals surface area contributed by atoms with E-state index in [1.165, 1.54) is 22.8 Å². The summed E-state index contributed by atoms with van der Waals surface area (Å²) >= 11 is 0. The van der Waals surface area contributed by atoms with Crippen molar-refractivity contribution < 1.29 is 9.18 Å². The summed E-state index contributed by atoms with van der Waals surface area (Å²) in [6, 6.07) is 15.6. The number of piperidine rings is 1. The fourth-order valence-corrected chi connectivity index (χ4v) is 5.78. The van der Waals surface area contributed by atoms with Crippen LogP contribution in [0.2, 0.25) is 0 Å². The Labute approximate surface area is 205 Å². The van der Waals surface area contributed by atoms with E-state index in [4.69, 9.17) is 4.99 Å². The number of benzene rings is 2. The van der Waals surface area contributed by atoms with E-state index >= 15 is 0 Å². The van der Waals surface area contributed by atoms with Gasteiger partial charge < -0.3 is 4.90 Å². The summed E-state index contributed by atoms with van der Waals surface area (Å²) in [6.45, 7) is 5.82. The fourth-order valence-electron chi connectivity index (χ4n) is 5.78. The molecular weight excluding hydrogens is 439 g/mol. The standard InChI is InChI=1S/C29H29FN4O/c1-19-10-21(7-8-31-19)29-27-13-24-17-34(28(35)14-22(24)12-23(27)15-32-29)26-6-3-9-33(18-26)16-20-4-2-5-25(30)11-20/h2,4-5,7-8,10-13,26H,3,6,9,14-18H2,1H3/t26-/m1/s1. The Morgan fingerprint density at radius 2 is 2.00 bits per heavy atom. The Balaban J connectivity index is 1.22. The number of nitrogens with zero attached hydrogens (tertiary/aromatic N) is 4. The number of aromatic nitrogens is 1. The molecule has 0 saturated carbocycles. The topological polar surface area (TPSA) is 48.8 Å². The van der Waals surface area contributed by atoms with Gasteiger partial charge >= 0.3 is 0 Å². The Hall–Kier alpha value is -3.38. The zero-order chi connectivity index (χ0) is 23.9. The highest BCUT2D eigenvalue weighted by molar-refractivity contribution is 6.15. The molecule has 2 aromatic carbocycles. The molecule has 3 aliphatic heterocycles. The van der Waals surface area contributed by atoms with Crippen molar-refractivity contribution in [2.75, 3.05) is 13.1 Å². The Bertz CT molecular complexity index is 1330. The molecule has 35 heavy (non-hydrogen) atoms. The van der Waals surface area contributed by atoms with E-state index in [0.717, 1.165) is 54.0 Å². The average molecular weight is 469 g/mol. The van der Waals surface area contributed by atoms with Gasteiger partial charge in [-0.1, -0.05) is 18.2 Å². The Morgan fingerprint density at radius 1 is 1.09 bits per heavy atom. The van der Waals surface area contributed by atoms with Gasteiger partial charge in [-0.25, -0.2) is 4.39 Å². The number of amides is 1. The lowest BCUT2D eigenvalue weighted by Gasteiger charge is -2.41. The molecule has 1 atom stereocenters. The van der Waals surface area contributed by atoms with E-state index in [9.17, 15) is 9.18 Å². The van der Waals surface area contributed by atoms with Crippen LogP contribution in [0.5, 0.6) is 0 Å². The van der Waals surface area contributed by atoms with Gasteiger partial charge in [0, 0.05) is 48.7 Å². The van der Waals surface area contributed by atoms with Crippen LogP contribution in [-0.4, -0.2) is 45.5 Å². The summed E-state index contributed by atoms with van der Waals surface area (Å²) in [4.78, 5) is 26.8. The van der Waals surface area contributed by atoms with Crippen LogP contribution >= 0.6 is 0 Å². The molecule has 0 N–H and O–H groups in total. The van der Waals surface area contributed by atoms with Crippen molar-refractivity contribution in [1.29, 1.82) is 0 Å². The number of halogens is 1. The van der Waals surface area contributed by atoms with Crippen molar-refractivity contribution in [3.8, 4) is 0 Å². The SMILES string of the molecule is Cc1cc(C2=NCc3cc4c(cc32)CN([C@@H]2CCCN(Cc3cccc(F)c3)C2)C(=O)C4)ccn1. The number of pyridine rings is 1. The Kier molecular flexibility index (Phi) is 5.69. The minimum Gasteiger partial charge on any atom is -0.334 e. The first-order valence-corrected chi connectivity index (χ1v) is 12.4. The molecule has 4 heterocycles. The number of aliphatic imine (C=N–C) groups is 1. The maximum absolute atomic E-state index is 13.6. The largest absolute Gasteiger partial charge is 0.334 e. The molecule has 0 aliphatic carbocycles. The number of carbonyl (C=O) groups excluding carboxylic acids is 1. The summed E-state index contributed by atoms with van der Waals surface area (Å²) in [5, 5.41) is 0. The number of carbonyl (C=O) groups is 1. The molecule has 1 amide bonds. The van der Waals surface area contributed by atoms with Crippen LogP contribution in [0.4, 0.5) is 4.39 Å². The van der Waals surface area contributed by atoms with Gasteiger partial charge in [-0.3, -0.25) is 19.7 Å². The summed E-state index contributed by atoms with van der Waals surface area (Å²) in [7, 11) is 0. The van der Waals surface area contributed by atoms with E-state index in [-0.39, 0.29) is 17.8 Å². The normalized spacial score (nSPS) is 19.9. The highest BCUT2D eigenvalue weighted by Gasteiger charge is 2.33. The lowest BCUT2D eigenvalue weighted by molar-refractivity contribution is -0.135. The summed E-state index contributed by atoms with van der Waals surface area (Å²) in [5.74, 6) is 0.00944. The smallest absolute Gasteiger partial charge is 0.227 e. The van der Waals surface area contributed by atoms with Gasteiger partial charge in [-0.15, -0.1) is 0 Å². The van der Waals surface area contributed by atoms with Crippen molar-refractivity contribution in [1.82, 2.24) is 14.8 Å². The first-order valence-electron chi connectivity index (χ1n) is 12.4. The lowest BCUT2D eigenvalue weighted by Crippen LogP contribution is -2.51. The van der Waals surface area contributed by atoms with Crippen molar-refractivity contribution >= 4 is 11.6 Å². The van der Waals surface area contributed by atoms with Gasteiger partial charge in [0.15, 0.2) is 0 Å². The molecule has 0 radical (unpaired) electrons. The molecule has 5 nitrogen and oxygen atoms in total. The third-order valence-electron chi connectivity index (χ3n) is 7.48. The minimum atomic E-state index is -0.198. The molecule has 3 aromatic rings. The molecule has 0 unspecified atom stereocenters. The van der Waals surface area contributed by atoms with E-state index in [0.29, 0.717) is 26.1 Å². The van der Waals surface area contributed by atoms with Gasteiger partial charge in [0.25, 0.3) is 0 Å². The summed E-state index contributed by atoms with van der Waals surface area (Å²) in [5.41, 5.74) is 8.83. The van der Waals surface area contributed by atoms with Crippen molar-refractivity contribution in [2.24, 2.45) is 4.99 Å². The van der Waals surface area contributed by atoms with Gasteiger partial charge in [-0.2, -0.15) is 0 Å². The van der Waals surface area contributed by atoms with Gasteiger partial charge in [-0.05, 0) is 78.9 Å². The molecule has 0 spiro atoms. The van der Waals surface area contributed by atoms with Crippen LogP contribution in [0, 0.1) is 12.7 Å². The third-order valence-corrected chi connectivity index (χ3v) is 7.48. The van der Waals surface area contributed by atoms with Crippen molar-refractivity contribution in [3.05, 3.63) is 99.6 Å². The number of likely N-dealkylation sites (tertiary alicyclic amines) is 1. The molecule has 1 fully saturated rings. The van der Waals surface area contributed by atoms with Gasteiger partial charge in [0.1, 0.15) is 5.82 Å². The van der Waals surface area contributed by atoms with Crippen LogP contribution in [0.1, 0.15) is 51.9 Å². The second-order valence-electron chi connectivity index (χ2n) is 9.99. The first kappa shape index (κ1) is 22.1. The van der Waals surface area contributed by atoms with E-state index in [1.807, 2.05) is 25.3 Å². The molecule has 1 aromatic heterocycles. The molecule has 6 heteroatoms.